The molecule has 0 aliphatic carbocycles. The molecule has 16 heavy (non-hydrogen) atoms. The van der Waals surface area contributed by atoms with Crippen molar-refractivity contribution < 1.29 is 13.2 Å². The van der Waals surface area contributed by atoms with Gasteiger partial charge in [-0.2, -0.15) is 13.2 Å². The zero-order chi connectivity index (χ0) is 12.2. The third-order valence-electron chi connectivity index (χ3n) is 2.96. The summed E-state index contributed by atoms with van der Waals surface area (Å²) in [7, 11) is 0. The minimum atomic E-state index is -4.04. The Morgan fingerprint density at radius 1 is 1.31 bits per heavy atom. The molecule has 0 spiro atoms. The number of likely N-dealkylation sites (tertiary alicyclic amines) is 1. The first-order valence-electron chi connectivity index (χ1n) is 5.51. The molecule has 0 saturated carbocycles. The molecule has 0 aromatic rings. The lowest BCUT2D eigenvalue weighted by molar-refractivity contribution is -0.136. The summed E-state index contributed by atoms with van der Waals surface area (Å²) >= 11 is 0. The lowest BCUT2D eigenvalue weighted by atomic mass is 9.96. The molecule has 6 heteroatoms. The van der Waals surface area contributed by atoms with E-state index >= 15 is 0 Å². The first kappa shape index (κ1) is 13.3. The Morgan fingerprint density at radius 3 is 2.31 bits per heavy atom. The third kappa shape index (κ3) is 4.83. The number of hydrogen-bond acceptors (Lipinski definition) is 2. The van der Waals surface area contributed by atoms with E-state index in [0.717, 1.165) is 25.9 Å². The van der Waals surface area contributed by atoms with Gasteiger partial charge in [0.15, 0.2) is 0 Å². The van der Waals surface area contributed by atoms with Gasteiger partial charge >= 0.3 is 6.18 Å². The summed E-state index contributed by atoms with van der Waals surface area (Å²) in [5.74, 6) is 0.328. The largest absolute Gasteiger partial charge is 0.389 e. The molecule has 94 valence electrons. The molecule has 1 saturated heterocycles. The van der Waals surface area contributed by atoms with Gasteiger partial charge in [-0.15, -0.1) is 0 Å². The van der Waals surface area contributed by atoms with Crippen LogP contribution in [0, 0.1) is 11.3 Å². The number of nitrogens with zero attached hydrogens (tertiary/aromatic N) is 1. The van der Waals surface area contributed by atoms with Gasteiger partial charge in [-0.3, -0.25) is 5.41 Å². The topological polar surface area (TPSA) is 53.1 Å². The van der Waals surface area contributed by atoms with Gasteiger partial charge in [-0.05, 0) is 38.9 Å². The van der Waals surface area contributed by atoms with Crippen LogP contribution < -0.4 is 5.73 Å². The van der Waals surface area contributed by atoms with Crippen LogP contribution in [-0.2, 0) is 0 Å². The van der Waals surface area contributed by atoms with Crippen molar-refractivity contribution in [3.63, 3.8) is 0 Å². The summed E-state index contributed by atoms with van der Waals surface area (Å²) in [5.41, 5.74) is 5.39. The summed E-state index contributed by atoms with van der Waals surface area (Å²) in [6.07, 6.45) is -3.01. The van der Waals surface area contributed by atoms with Gasteiger partial charge in [0, 0.05) is 12.3 Å². The van der Waals surface area contributed by atoms with Gasteiger partial charge in [-0.25, -0.2) is 0 Å². The molecule has 1 aliphatic rings. The number of halogens is 3. The zero-order valence-electron chi connectivity index (χ0n) is 9.19. The fraction of sp³-hybridized carbons (Fsp3) is 0.900. The summed E-state index contributed by atoms with van der Waals surface area (Å²) in [5, 5.41) is 7.29. The highest BCUT2D eigenvalue weighted by Crippen LogP contribution is 2.22. The minimum absolute atomic E-state index is 0.124. The number of alkyl halides is 3. The Balaban J connectivity index is 2.15. The van der Waals surface area contributed by atoms with Crippen LogP contribution in [0.5, 0.6) is 0 Å². The minimum Gasteiger partial charge on any atom is -0.387 e. The van der Waals surface area contributed by atoms with Crippen LogP contribution in [-0.4, -0.2) is 36.5 Å². The van der Waals surface area contributed by atoms with Crippen molar-refractivity contribution >= 4 is 5.84 Å². The Bertz CT molecular complexity index is 232. The van der Waals surface area contributed by atoms with E-state index in [9.17, 15) is 13.2 Å². The van der Waals surface area contributed by atoms with Crippen molar-refractivity contribution in [1.29, 1.82) is 5.41 Å². The van der Waals surface area contributed by atoms with Crippen LogP contribution in [0.15, 0.2) is 0 Å². The zero-order valence-corrected chi connectivity index (χ0v) is 9.19. The average molecular weight is 237 g/mol. The highest BCUT2D eigenvalue weighted by Gasteiger charge is 2.27. The number of rotatable bonds is 4. The Hall–Kier alpha value is -0.780. The maximum Gasteiger partial charge on any atom is 0.389 e. The van der Waals surface area contributed by atoms with Crippen LogP contribution in [0.1, 0.15) is 25.7 Å². The second-order valence-corrected chi connectivity index (χ2v) is 4.29. The van der Waals surface area contributed by atoms with Gasteiger partial charge in [0.1, 0.15) is 0 Å². The second-order valence-electron chi connectivity index (χ2n) is 4.29. The van der Waals surface area contributed by atoms with Gasteiger partial charge in [0.2, 0.25) is 0 Å². The molecule has 1 rings (SSSR count). The monoisotopic (exact) mass is 237 g/mol. The predicted molar refractivity (Wildman–Crippen MR) is 56.4 cm³/mol. The quantitative estimate of drug-likeness (QED) is 0.580. The maximum atomic E-state index is 11.9. The molecule has 0 radical (unpaired) electrons. The Morgan fingerprint density at radius 2 is 1.88 bits per heavy atom. The van der Waals surface area contributed by atoms with Gasteiger partial charge < -0.3 is 10.6 Å². The number of amidine groups is 1. The van der Waals surface area contributed by atoms with Crippen LogP contribution in [0.4, 0.5) is 13.2 Å². The van der Waals surface area contributed by atoms with E-state index in [0.29, 0.717) is 6.54 Å². The van der Waals surface area contributed by atoms with Crippen LogP contribution in [0.3, 0.4) is 0 Å². The maximum absolute atomic E-state index is 11.9. The fourth-order valence-electron chi connectivity index (χ4n) is 1.97. The summed E-state index contributed by atoms with van der Waals surface area (Å²) in [6.45, 7) is 1.99. The summed E-state index contributed by atoms with van der Waals surface area (Å²) in [6, 6.07) is 0. The lowest BCUT2D eigenvalue weighted by Crippen LogP contribution is -2.38. The van der Waals surface area contributed by atoms with E-state index in [1.165, 1.54) is 0 Å². The average Bonchev–Trinajstić information content (AvgIpc) is 2.16. The molecule has 0 amide bonds. The van der Waals surface area contributed by atoms with E-state index in [1.54, 1.807) is 0 Å². The van der Waals surface area contributed by atoms with Gasteiger partial charge in [0.25, 0.3) is 0 Å². The van der Waals surface area contributed by atoms with E-state index in [1.807, 2.05) is 4.90 Å². The molecule has 0 aromatic carbocycles. The van der Waals surface area contributed by atoms with Gasteiger partial charge in [0.05, 0.1) is 5.84 Å². The van der Waals surface area contributed by atoms with Crippen molar-refractivity contribution in [2.45, 2.75) is 31.9 Å². The van der Waals surface area contributed by atoms with E-state index in [2.05, 4.69) is 0 Å². The predicted octanol–water partition coefficient (Wildman–Crippen LogP) is 1.98. The Kier molecular flexibility index (Phi) is 4.58. The first-order chi connectivity index (χ1) is 7.38. The van der Waals surface area contributed by atoms with Crippen molar-refractivity contribution in [3.8, 4) is 0 Å². The fourth-order valence-corrected chi connectivity index (χ4v) is 1.97. The van der Waals surface area contributed by atoms with Crippen LogP contribution in [0.2, 0.25) is 0 Å². The molecular weight excluding hydrogens is 219 g/mol. The SMILES string of the molecule is N=C(N)C1CCN(CCCC(F)(F)F)CC1. The van der Waals surface area contributed by atoms with Crippen LogP contribution in [0.25, 0.3) is 0 Å². The molecule has 1 aliphatic heterocycles. The molecule has 0 bridgehead atoms. The highest BCUT2D eigenvalue weighted by atomic mass is 19.4. The lowest BCUT2D eigenvalue weighted by Gasteiger charge is -2.31. The molecule has 1 fully saturated rings. The van der Waals surface area contributed by atoms with Crippen molar-refractivity contribution in [1.82, 2.24) is 4.90 Å². The highest BCUT2D eigenvalue weighted by molar-refractivity contribution is 5.79. The molecule has 3 N–H and O–H groups in total. The molecule has 0 aromatic heterocycles. The van der Waals surface area contributed by atoms with Crippen molar-refractivity contribution in [2.75, 3.05) is 19.6 Å². The van der Waals surface area contributed by atoms with Crippen molar-refractivity contribution in [3.05, 3.63) is 0 Å². The number of nitrogens with two attached hydrogens (primary N) is 1. The Labute approximate surface area is 93.3 Å². The first-order valence-corrected chi connectivity index (χ1v) is 5.51. The number of piperidine rings is 1. The summed E-state index contributed by atoms with van der Waals surface area (Å²) in [4.78, 5) is 2.02. The summed E-state index contributed by atoms with van der Waals surface area (Å²) < 4.78 is 35.7. The molecule has 0 atom stereocenters. The molecule has 3 nitrogen and oxygen atoms in total. The smallest absolute Gasteiger partial charge is 0.387 e. The second kappa shape index (κ2) is 5.52. The number of hydrogen-bond donors (Lipinski definition) is 2. The van der Waals surface area contributed by atoms with Gasteiger partial charge in [-0.1, -0.05) is 0 Å². The molecule has 1 heterocycles. The van der Waals surface area contributed by atoms with Crippen molar-refractivity contribution in [2.24, 2.45) is 11.7 Å². The van der Waals surface area contributed by atoms with E-state index in [4.69, 9.17) is 11.1 Å². The van der Waals surface area contributed by atoms with E-state index in [-0.39, 0.29) is 18.2 Å². The molecular formula is C10H18F3N3. The number of nitrogens with one attached hydrogen (secondary N) is 1. The normalized spacial score (nSPS) is 19.9. The molecule has 0 unspecified atom stereocenters. The van der Waals surface area contributed by atoms with E-state index < -0.39 is 12.6 Å². The standard InChI is InChI=1S/C10H18F3N3/c11-10(12,13)4-1-5-16-6-2-8(3-7-16)9(14)15/h8H,1-7H2,(H3,14,15). The van der Waals surface area contributed by atoms with Crippen LogP contribution >= 0.6 is 0 Å². The third-order valence-corrected chi connectivity index (χ3v) is 2.96.